The molecule has 12 N–H and O–H groups in total. The standard InChI is InChI=1S/C76H120N14O16S/c1-18-47(6)63(58(103-15)43-60(93)90-40-25-30-57(90)64(104-16)48(7)65(94)84-56(69-79-39-41-107-69)42-50-26-20-19-21-27-50)89(14)70(98)62(46(4)5)87-71(99)76(11,12)88-74(102)106-44-51-31-33-52(34-32-51)82-66(95)54(29-24-37-80-72(77)100)83-68(97)61(45(2)3)86-67(96)55(85-73(101)105-17)28-22-23-38-81-75(9,10)59(92)36-35-53(78-13)49(8)91/h19-21,26-27,31-34,39,41,45-48,53-58,61-64,78,81H,18,22-25,28-30,35-38,40,42-44H2,1-17H3,(H,82,95)(H,83,97)(H,84,94)(H,85,101)(H,86,96)(H,87,99)(H,88,102)(H3,77,80,100)/t47-,48+,53+,54-,55-,56-,57-,58+,61-,62-,63-,64+/m0/s1. The number of carbonyl (C=O) groups is 12. The molecule has 0 unspecified atom stereocenters. The van der Waals surface area contributed by atoms with Crippen molar-refractivity contribution in [1.29, 1.82) is 0 Å². The van der Waals surface area contributed by atoms with Crippen LogP contribution in [-0.4, -0.2) is 207 Å². The molecule has 2 aromatic carbocycles. The minimum atomic E-state index is -1.62. The van der Waals surface area contributed by atoms with Crippen LogP contribution in [0.15, 0.2) is 66.2 Å². The van der Waals surface area contributed by atoms with Gasteiger partial charge in [0, 0.05) is 58.0 Å². The zero-order valence-electron chi connectivity index (χ0n) is 65.6. The average molecular weight is 1520 g/mol. The molecule has 11 amide bonds. The largest absolute Gasteiger partial charge is 0.453 e. The van der Waals surface area contributed by atoms with Crippen molar-refractivity contribution in [2.75, 3.05) is 60.4 Å². The molecule has 3 aromatic rings. The zero-order chi connectivity index (χ0) is 79.9. The minimum absolute atomic E-state index is 0.0154. The third kappa shape index (κ3) is 28.8. The fraction of sp³-hybridized carbons (Fsp3) is 0.645. The molecule has 0 spiro atoms. The smallest absolute Gasteiger partial charge is 0.408 e. The predicted molar refractivity (Wildman–Crippen MR) is 407 cm³/mol. The van der Waals surface area contributed by atoms with Crippen LogP contribution in [0, 0.1) is 23.7 Å². The van der Waals surface area contributed by atoms with Gasteiger partial charge in [-0.2, -0.15) is 0 Å². The number of hydrogen-bond donors (Lipinski definition) is 11. The maximum Gasteiger partial charge on any atom is 0.408 e. The van der Waals surface area contributed by atoms with Crippen LogP contribution in [0.2, 0.25) is 0 Å². The lowest BCUT2D eigenvalue weighted by atomic mass is 9.89. The van der Waals surface area contributed by atoms with E-state index in [1.807, 2.05) is 49.6 Å². The number of primary amides is 1. The maximum absolute atomic E-state index is 14.8. The van der Waals surface area contributed by atoms with E-state index >= 15 is 0 Å². The first-order valence-electron chi connectivity index (χ1n) is 37.0. The van der Waals surface area contributed by atoms with Crippen LogP contribution >= 0.6 is 11.3 Å². The number of thiazole rings is 1. The van der Waals surface area contributed by atoms with Crippen LogP contribution < -0.4 is 58.9 Å². The van der Waals surface area contributed by atoms with E-state index in [-0.39, 0.29) is 86.3 Å². The number of nitrogens with one attached hydrogen (secondary N) is 10. The van der Waals surface area contributed by atoms with Gasteiger partial charge in [0.25, 0.3) is 0 Å². The van der Waals surface area contributed by atoms with Crippen molar-refractivity contribution < 1.29 is 76.5 Å². The Morgan fingerprint density at radius 3 is 1.94 bits per heavy atom. The topological polar surface area (TPSA) is 407 Å². The quantitative estimate of drug-likeness (QED) is 0.0284. The Labute approximate surface area is 634 Å². The average Bonchev–Trinajstić information content (AvgIpc) is 1.79. The van der Waals surface area contributed by atoms with Gasteiger partial charge in [-0.1, -0.05) is 97.4 Å². The van der Waals surface area contributed by atoms with Gasteiger partial charge in [0.15, 0.2) is 5.78 Å². The number of ether oxygens (including phenoxy) is 4. The summed E-state index contributed by atoms with van der Waals surface area (Å²) in [6.45, 7) is 21.2. The molecule has 0 aliphatic carbocycles. The Kier molecular flexibility index (Phi) is 37.8. The first kappa shape index (κ1) is 90.7. The summed E-state index contributed by atoms with van der Waals surface area (Å²) < 4.78 is 22.5. The summed E-state index contributed by atoms with van der Waals surface area (Å²) in [6, 6.07) is 8.80. The number of alkyl carbamates (subject to hydrolysis) is 2. The van der Waals surface area contributed by atoms with E-state index in [2.05, 4.69) is 58.2 Å². The lowest BCUT2D eigenvalue weighted by molar-refractivity contribution is -0.148. The van der Waals surface area contributed by atoms with Gasteiger partial charge in [-0.3, -0.25) is 43.2 Å². The summed E-state index contributed by atoms with van der Waals surface area (Å²) in [5.74, 6) is -5.57. The molecule has 1 aliphatic rings. The predicted octanol–water partition coefficient (Wildman–Crippen LogP) is 6.11. The van der Waals surface area contributed by atoms with Gasteiger partial charge >= 0.3 is 18.2 Å². The minimum Gasteiger partial charge on any atom is -0.453 e. The Bertz CT molecular complexity index is 3380. The molecular weight excluding hydrogens is 1400 g/mol. The number of methoxy groups -OCH3 is 3. The molecule has 1 saturated heterocycles. The second kappa shape index (κ2) is 44.6. The van der Waals surface area contributed by atoms with E-state index in [1.54, 1.807) is 92.9 Å². The molecule has 0 saturated carbocycles. The molecule has 0 bridgehead atoms. The fourth-order valence-corrected chi connectivity index (χ4v) is 13.6. The molecular formula is C76H120N14O16S. The number of likely N-dealkylation sites (N-methyl/N-ethyl adjacent to an activating group) is 2. The number of unbranched alkanes of at least 4 members (excludes halogenated alkanes) is 1. The Morgan fingerprint density at radius 1 is 0.710 bits per heavy atom. The van der Waals surface area contributed by atoms with E-state index in [0.717, 1.165) is 17.7 Å². The lowest BCUT2D eigenvalue weighted by Crippen LogP contribution is -2.62. The highest BCUT2D eigenvalue weighted by Crippen LogP contribution is 2.31. The van der Waals surface area contributed by atoms with Crippen LogP contribution in [0.1, 0.15) is 176 Å². The molecule has 31 heteroatoms. The van der Waals surface area contributed by atoms with Crippen LogP contribution in [0.5, 0.6) is 0 Å². The molecule has 12 atom stereocenters. The van der Waals surface area contributed by atoms with Crippen LogP contribution in [0.4, 0.5) is 20.1 Å². The number of anilines is 1. The van der Waals surface area contributed by atoms with Gasteiger partial charge in [-0.15, -0.1) is 11.3 Å². The number of rotatable bonds is 46. The number of nitrogens with two attached hydrogens (primary N) is 1. The van der Waals surface area contributed by atoms with E-state index in [0.29, 0.717) is 63.6 Å². The second-order valence-corrected chi connectivity index (χ2v) is 30.2. The molecule has 1 fully saturated rings. The van der Waals surface area contributed by atoms with Crippen molar-refractivity contribution in [1.82, 2.24) is 62.6 Å². The molecule has 107 heavy (non-hydrogen) atoms. The number of carbonyl (C=O) groups excluding carboxylic acids is 12. The highest BCUT2D eigenvalue weighted by molar-refractivity contribution is 7.09. The molecule has 596 valence electrons. The molecule has 30 nitrogen and oxygen atoms in total. The number of amides is 11. The van der Waals surface area contributed by atoms with E-state index < -0.39 is 131 Å². The first-order chi connectivity index (χ1) is 50.5. The zero-order valence-corrected chi connectivity index (χ0v) is 66.4. The maximum atomic E-state index is 14.8. The first-order valence-corrected chi connectivity index (χ1v) is 37.9. The van der Waals surface area contributed by atoms with Crippen molar-refractivity contribution in [3.63, 3.8) is 0 Å². The number of Topliss-reactive ketones (excluding diaryl/α,β-unsaturated/α-hetero) is 2. The molecule has 0 radical (unpaired) electrons. The van der Waals surface area contributed by atoms with Gasteiger partial charge in [-0.05, 0) is 147 Å². The van der Waals surface area contributed by atoms with Gasteiger partial charge < -0.3 is 87.6 Å². The Hall–Kier alpha value is -8.65. The third-order valence-electron chi connectivity index (χ3n) is 19.7. The number of hydrogen-bond acceptors (Lipinski definition) is 20. The van der Waals surface area contributed by atoms with Crippen molar-refractivity contribution in [3.05, 3.63) is 82.3 Å². The van der Waals surface area contributed by atoms with Crippen LogP contribution in [0.25, 0.3) is 0 Å². The summed E-state index contributed by atoms with van der Waals surface area (Å²) in [4.78, 5) is 170. The van der Waals surface area contributed by atoms with E-state index in [9.17, 15) is 57.5 Å². The molecule has 1 aliphatic heterocycles. The molecule has 2 heterocycles. The molecule has 4 rings (SSSR count). The lowest BCUT2D eigenvalue weighted by Gasteiger charge is -2.41. The van der Waals surface area contributed by atoms with Crippen molar-refractivity contribution in [2.24, 2.45) is 29.4 Å². The van der Waals surface area contributed by atoms with Crippen LogP contribution in [0.3, 0.4) is 0 Å². The second-order valence-electron chi connectivity index (χ2n) is 29.3. The van der Waals surface area contributed by atoms with E-state index in [1.165, 1.54) is 56.3 Å². The van der Waals surface area contributed by atoms with Crippen molar-refractivity contribution in [2.45, 2.75) is 238 Å². The van der Waals surface area contributed by atoms with Crippen molar-refractivity contribution in [3.8, 4) is 0 Å². The number of ketones is 2. The third-order valence-corrected chi connectivity index (χ3v) is 20.6. The summed E-state index contributed by atoms with van der Waals surface area (Å²) >= 11 is 1.46. The Balaban J connectivity index is 1.37. The SMILES string of the molecule is CC[C@H](C)[C@@H]([C@@H](CC(=O)N1CCC[C@H]1[C@H](OC)[C@@H](C)C(=O)N[C@@H](Cc1ccccc1)c1nccs1)OC)N(C)C(=O)[C@@H](NC(=O)C(C)(C)NC(=O)OCc1ccc(NC(=O)[C@H](CCCNC(N)=O)NC(=O)[C@@H](NC(=O)[C@H](CCCCNC(C)(C)C(=O)CC[C@@H](NC)C(C)=O)NC(=O)OC)C(C)C)cc1)C(C)C. The summed E-state index contributed by atoms with van der Waals surface area (Å²) in [7, 11) is 7.49. The summed E-state index contributed by atoms with van der Waals surface area (Å²) in [6.07, 6.45) is 2.59. The summed E-state index contributed by atoms with van der Waals surface area (Å²) in [5.41, 5.74) is 4.58. The number of aromatic nitrogens is 1. The van der Waals surface area contributed by atoms with E-state index in [4.69, 9.17) is 24.7 Å². The normalized spacial score (nSPS) is 16.2. The monoisotopic (exact) mass is 1520 g/mol. The number of nitrogens with zero attached hydrogens (tertiary/aromatic N) is 3. The van der Waals surface area contributed by atoms with Gasteiger partial charge in [0.1, 0.15) is 47.1 Å². The van der Waals surface area contributed by atoms with Crippen LogP contribution in [-0.2, 0) is 75.1 Å². The molecule has 1 aromatic heterocycles. The Morgan fingerprint density at radius 2 is 1.36 bits per heavy atom. The number of benzene rings is 2. The number of urea groups is 1. The highest BCUT2D eigenvalue weighted by atomic mass is 32.1. The van der Waals surface area contributed by atoms with Gasteiger partial charge in [0.05, 0.1) is 61.4 Å². The highest BCUT2D eigenvalue weighted by Gasteiger charge is 2.44. The van der Waals surface area contributed by atoms with Gasteiger partial charge in [0.2, 0.25) is 41.4 Å². The number of likely N-dealkylation sites (tertiary alicyclic amines) is 1. The van der Waals surface area contributed by atoms with Crippen molar-refractivity contribution >= 4 is 88.2 Å². The van der Waals surface area contributed by atoms with Gasteiger partial charge in [-0.25, -0.2) is 19.4 Å². The fourth-order valence-electron chi connectivity index (χ4n) is 12.9. The summed E-state index contributed by atoms with van der Waals surface area (Å²) in [5, 5.41) is 30.7.